The Bertz CT molecular complexity index is 1370. The van der Waals surface area contributed by atoms with Gasteiger partial charge in [-0.05, 0) is 54.3 Å². The number of rotatable bonds is 8. The number of benzene rings is 3. The third-order valence-electron chi connectivity index (χ3n) is 6.21. The zero-order chi connectivity index (χ0) is 28.2. The molecule has 0 unspecified atom stereocenters. The molecule has 1 atom stereocenters. The first kappa shape index (κ1) is 28.1. The van der Waals surface area contributed by atoms with Crippen molar-refractivity contribution in [2.45, 2.75) is 49.8 Å². The Morgan fingerprint density at radius 3 is 2.51 bits per heavy atom. The molecule has 8 nitrogen and oxygen atoms in total. The fraction of sp³-hybridized carbons (Fsp3) is 0.276. The van der Waals surface area contributed by atoms with Gasteiger partial charge in [0.2, 0.25) is 5.91 Å². The van der Waals surface area contributed by atoms with E-state index >= 15 is 0 Å². The monoisotopic (exact) mass is 549 g/mol. The molecule has 0 aromatic heterocycles. The van der Waals surface area contributed by atoms with Crippen molar-refractivity contribution >= 4 is 35.3 Å². The first-order chi connectivity index (χ1) is 18.5. The molecule has 6 N–H and O–H groups in total. The molecule has 10 heteroatoms. The number of nitrogens with one attached hydrogen (secondary N) is 2. The number of urea groups is 1. The van der Waals surface area contributed by atoms with Crippen LogP contribution in [-0.2, 0) is 22.7 Å². The number of carbonyl (C=O) groups excluding carboxylic acids is 3. The van der Waals surface area contributed by atoms with Crippen LogP contribution in [0.5, 0.6) is 0 Å². The Kier molecular flexibility index (Phi) is 8.57. The minimum absolute atomic E-state index is 0.0704. The lowest BCUT2D eigenvalue weighted by molar-refractivity contribution is -0.127. The molecular formula is C29H32FN5O3S. The van der Waals surface area contributed by atoms with Gasteiger partial charge in [-0.3, -0.25) is 9.59 Å². The van der Waals surface area contributed by atoms with Crippen LogP contribution in [0.3, 0.4) is 0 Å². The van der Waals surface area contributed by atoms with E-state index in [1.165, 1.54) is 23.9 Å². The number of halogens is 1. The van der Waals surface area contributed by atoms with E-state index in [0.717, 1.165) is 22.3 Å². The number of carbonyl (C=O) groups is 3. The molecule has 4 rings (SSSR count). The maximum absolute atomic E-state index is 14.1. The van der Waals surface area contributed by atoms with Gasteiger partial charge in [-0.15, -0.1) is 11.8 Å². The lowest BCUT2D eigenvalue weighted by Gasteiger charge is -2.27. The van der Waals surface area contributed by atoms with Crippen LogP contribution < -0.4 is 27.0 Å². The molecule has 0 radical (unpaired) electrons. The minimum atomic E-state index is -0.788. The number of hydrogen-bond acceptors (Lipinski definition) is 5. The Hall–Kier alpha value is -3.89. The molecule has 0 aliphatic carbocycles. The zero-order valence-corrected chi connectivity index (χ0v) is 22.7. The summed E-state index contributed by atoms with van der Waals surface area (Å²) in [5, 5.41) is 5.44. The van der Waals surface area contributed by atoms with Crippen LogP contribution in [-0.4, -0.2) is 35.2 Å². The number of thioether (sulfide) groups is 1. The van der Waals surface area contributed by atoms with E-state index < -0.39 is 23.4 Å². The maximum Gasteiger partial charge on any atom is 0.312 e. The summed E-state index contributed by atoms with van der Waals surface area (Å²) < 4.78 is 14.1. The summed E-state index contributed by atoms with van der Waals surface area (Å²) in [4.78, 5) is 39.7. The number of fused-ring (bicyclic) bond motifs is 1. The van der Waals surface area contributed by atoms with E-state index in [2.05, 4.69) is 10.6 Å². The number of amides is 4. The van der Waals surface area contributed by atoms with Crippen LogP contribution in [0.2, 0.25) is 0 Å². The smallest absolute Gasteiger partial charge is 0.312 e. The average Bonchev–Trinajstić information content (AvgIpc) is 2.99. The van der Waals surface area contributed by atoms with Crippen LogP contribution in [0.25, 0.3) is 11.1 Å². The van der Waals surface area contributed by atoms with Gasteiger partial charge in [-0.2, -0.15) is 0 Å². The number of nitrogens with zero attached hydrogens (tertiary/aromatic N) is 1. The van der Waals surface area contributed by atoms with Crippen LogP contribution in [0.15, 0.2) is 71.6 Å². The van der Waals surface area contributed by atoms with Crippen molar-refractivity contribution in [1.82, 2.24) is 10.6 Å². The summed E-state index contributed by atoms with van der Waals surface area (Å²) in [5.41, 5.74) is 14.8. The van der Waals surface area contributed by atoms with Crippen molar-refractivity contribution in [3.63, 3.8) is 0 Å². The fourth-order valence-corrected chi connectivity index (χ4v) is 5.51. The molecular weight excluding hydrogens is 517 g/mol. The van der Waals surface area contributed by atoms with Crippen LogP contribution >= 0.6 is 11.8 Å². The SMILES string of the molecule is CC(C)(N)CC(=O)N[C@@H]1CSc2cc(F)ccc2N(Cc2ccc(-c3ccccc3CNC(N)=O)cc2)C1=O. The zero-order valence-electron chi connectivity index (χ0n) is 21.9. The molecule has 1 heterocycles. The van der Waals surface area contributed by atoms with Crippen molar-refractivity contribution in [3.8, 4) is 11.1 Å². The highest BCUT2D eigenvalue weighted by Crippen LogP contribution is 2.36. The summed E-state index contributed by atoms with van der Waals surface area (Å²) in [6, 6.07) is 18.4. The summed E-state index contributed by atoms with van der Waals surface area (Å²) in [6.45, 7) is 4.03. The van der Waals surface area contributed by atoms with Gasteiger partial charge in [0.15, 0.2) is 0 Å². The van der Waals surface area contributed by atoms with Crippen LogP contribution in [0.1, 0.15) is 31.4 Å². The quantitative estimate of drug-likeness (QED) is 0.338. The minimum Gasteiger partial charge on any atom is -0.352 e. The van der Waals surface area contributed by atoms with Gasteiger partial charge in [0.05, 0.1) is 12.2 Å². The second kappa shape index (κ2) is 11.9. The highest BCUT2D eigenvalue weighted by atomic mass is 32.2. The number of hydrogen-bond donors (Lipinski definition) is 4. The maximum atomic E-state index is 14.1. The lowest BCUT2D eigenvalue weighted by Crippen LogP contribution is -2.51. The molecule has 0 fully saturated rings. The summed E-state index contributed by atoms with van der Waals surface area (Å²) in [6.07, 6.45) is 0.0704. The van der Waals surface area contributed by atoms with E-state index in [0.29, 0.717) is 17.1 Å². The molecule has 3 aromatic carbocycles. The Morgan fingerprint density at radius 1 is 1.10 bits per heavy atom. The topological polar surface area (TPSA) is 131 Å². The summed E-state index contributed by atoms with van der Waals surface area (Å²) >= 11 is 1.33. The van der Waals surface area contributed by atoms with E-state index in [9.17, 15) is 18.8 Å². The van der Waals surface area contributed by atoms with Gasteiger partial charge in [-0.1, -0.05) is 48.5 Å². The van der Waals surface area contributed by atoms with Gasteiger partial charge < -0.3 is 27.0 Å². The molecule has 204 valence electrons. The number of primary amides is 1. The van der Waals surface area contributed by atoms with Gasteiger partial charge in [0.1, 0.15) is 11.9 Å². The van der Waals surface area contributed by atoms with Gasteiger partial charge in [0, 0.05) is 29.2 Å². The second-order valence-corrected chi connectivity index (χ2v) is 11.3. The third-order valence-corrected chi connectivity index (χ3v) is 7.35. The van der Waals surface area contributed by atoms with Gasteiger partial charge in [0.25, 0.3) is 5.91 Å². The van der Waals surface area contributed by atoms with Crippen molar-refractivity contribution in [2.24, 2.45) is 11.5 Å². The molecule has 0 saturated heterocycles. The molecule has 3 aromatic rings. The van der Waals surface area contributed by atoms with E-state index in [1.54, 1.807) is 24.8 Å². The molecule has 0 bridgehead atoms. The standard InChI is InChI=1S/C29H32FN5O3S/c1-29(2,32)14-26(36)34-23-17-39-25-13-21(30)11-12-24(25)35(27(23)37)16-18-7-9-19(10-8-18)22-6-4-3-5-20(22)15-33-28(31)38/h3-13,23H,14-17,32H2,1-2H3,(H,34,36)(H3,31,33,38)/t23-/m1/s1. The molecule has 0 spiro atoms. The normalized spacial score (nSPS) is 15.3. The van der Waals surface area contributed by atoms with E-state index in [-0.39, 0.29) is 30.5 Å². The van der Waals surface area contributed by atoms with Crippen molar-refractivity contribution in [1.29, 1.82) is 0 Å². The van der Waals surface area contributed by atoms with Crippen molar-refractivity contribution in [2.75, 3.05) is 10.7 Å². The fourth-order valence-electron chi connectivity index (χ4n) is 4.41. The largest absolute Gasteiger partial charge is 0.352 e. The molecule has 0 saturated carbocycles. The van der Waals surface area contributed by atoms with Crippen LogP contribution in [0, 0.1) is 5.82 Å². The Morgan fingerprint density at radius 2 is 1.82 bits per heavy atom. The lowest BCUT2D eigenvalue weighted by atomic mass is 9.98. The Balaban J connectivity index is 1.59. The average molecular weight is 550 g/mol. The third kappa shape index (κ3) is 7.36. The van der Waals surface area contributed by atoms with Crippen molar-refractivity contribution < 1.29 is 18.8 Å². The molecule has 39 heavy (non-hydrogen) atoms. The van der Waals surface area contributed by atoms with E-state index in [4.69, 9.17) is 11.5 Å². The van der Waals surface area contributed by atoms with E-state index in [1.807, 2.05) is 48.5 Å². The van der Waals surface area contributed by atoms with Crippen LogP contribution in [0.4, 0.5) is 14.9 Å². The molecule has 4 amide bonds. The number of nitrogens with two attached hydrogens (primary N) is 2. The number of anilines is 1. The van der Waals surface area contributed by atoms with Crippen molar-refractivity contribution in [3.05, 3.63) is 83.7 Å². The van der Waals surface area contributed by atoms with Gasteiger partial charge >= 0.3 is 6.03 Å². The predicted molar refractivity (Wildman–Crippen MR) is 151 cm³/mol. The highest BCUT2D eigenvalue weighted by Gasteiger charge is 2.33. The van der Waals surface area contributed by atoms with Gasteiger partial charge in [-0.25, -0.2) is 9.18 Å². The molecule has 1 aliphatic rings. The predicted octanol–water partition coefficient (Wildman–Crippen LogP) is 3.91. The highest BCUT2D eigenvalue weighted by molar-refractivity contribution is 7.99. The first-order valence-electron chi connectivity index (χ1n) is 12.5. The Labute approximate surface area is 231 Å². The summed E-state index contributed by atoms with van der Waals surface area (Å²) in [7, 11) is 0. The summed E-state index contributed by atoms with van der Waals surface area (Å²) in [5.74, 6) is -0.706. The first-order valence-corrected chi connectivity index (χ1v) is 13.5. The second-order valence-electron chi connectivity index (χ2n) is 10.2. The molecule has 1 aliphatic heterocycles.